The topological polar surface area (TPSA) is 64.2 Å². The SMILES string of the molecule is CN(Cc1cnn(-c2ccccc2)c1)C(=O)[C@@H](N)Cc1ccccc1. The second-order valence-corrected chi connectivity index (χ2v) is 6.12. The Morgan fingerprint density at radius 1 is 1.08 bits per heavy atom. The van der Waals surface area contributed by atoms with Crippen LogP contribution in [0.1, 0.15) is 11.1 Å². The van der Waals surface area contributed by atoms with Gasteiger partial charge in [0.25, 0.3) is 0 Å². The molecule has 1 amide bonds. The highest BCUT2D eigenvalue weighted by Crippen LogP contribution is 2.10. The summed E-state index contributed by atoms with van der Waals surface area (Å²) in [5.74, 6) is -0.0729. The van der Waals surface area contributed by atoms with Crippen LogP contribution in [-0.2, 0) is 17.8 Å². The average Bonchev–Trinajstić information content (AvgIpc) is 3.11. The van der Waals surface area contributed by atoms with Gasteiger partial charge in [0.05, 0.1) is 17.9 Å². The van der Waals surface area contributed by atoms with Crippen molar-refractivity contribution < 1.29 is 4.79 Å². The molecule has 1 atom stereocenters. The summed E-state index contributed by atoms with van der Waals surface area (Å²) >= 11 is 0. The molecular formula is C20H22N4O. The van der Waals surface area contributed by atoms with Crippen LogP contribution in [0.2, 0.25) is 0 Å². The molecule has 25 heavy (non-hydrogen) atoms. The Balaban J connectivity index is 1.61. The molecule has 3 rings (SSSR count). The van der Waals surface area contributed by atoms with Crippen LogP contribution < -0.4 is 5.73 Å². The van der Waals surface area contributed by atoms with E-state index in [2.05, 4.69) is 5.10 Å². The molecule has 0 saturated carbocycles. The van der Waals surface area contributed by atoms with E-state index in [1.807, 2.05) is 66.9 Å². The van der Waals surface area contributed by atoms with Gasteiger partial charge in [-0.05, 0) is 24.1 Å². The van der Waals surface area contributed by atoms with Crippen LogP contribution in [0.3, 0.4) is 0 Å². The smallest absolute Gasteiger partial charge is 0.239 e. The maximum atomic E-state index is 12.5. The van der Waals surface area contributed by atoms with Gasteiger partial charge in [-0.15, -0.1) is 0 Å². The van der Waals surface area contributed by atoms with Gasteiger partial charge in [0, 0.05) is 25.4 Å². The van der Waals surface area contributed by atoms with Crippen LogP contribution in [-0.4, -0.2) is 33.7 Å². The van der Waals surface area contributed by atoms with Crippen molar-refractivity contribution in [1.82, 2.24) is 14.7 Å². The van der Waals surface area contributed by atoms with Crippen LogP contribution in [0.25, 0.3) is 5.69 Å². The van der Waals surface area contributed by atoms with Gasteiger partial charge in [-0.3, -0.25) is 4.79 Å². The van der Waals surface area contributed by atoms with Crippen LogP contribution in [0.4, 0.5) is 0 Å². The molecule has 0 spiro atoms. The lowest BCUT2D eigenvalue weighted by Crippen LogP contribution is -2.42. The molecule has 2 N–H and O–H groups in total. The summed E-state index contributed by atoms with van der Waals surface area (Å²) in [6.07, 6.45) is 4.24. The molecule has 0 saturated heterocycles. The maximum absolute atomic E-state index is 12.5. The van der Waals surface area contributed by atoms with Crippen LogP contribution >= 0.6 is 0 Å². The monoisotopic (exact) mass is 334 g/mol. The number of amides is 1. The van der Waals surface area contributed by atoms with Crippen molar-refractivity contribution >= 4 is 5.91 Å². The number of rotatable bonds is 6. The molecule has 1 heterocycles. The van der Waals surface area contributed by atoms with E-state index in [9.17, 15) is 4.79 Å². The predicted molar refractivity (Wildman–Crippen MR) is 98.2 cm³/mol. The molecule has 0 aliphatic carbocycles. The molecule has 5 heteroatoms. The average molecular weight is 334 g/mol. The van der Waals surface area contributed by atoms with E-state index in [1.165, 1.54) is 0 Å². The summed E-state index contributed by atoms with van der Waals surface area (Å²) in [7, 11) is 1.77. The van der Waals surface area contributed by atoms with E-state index >= 15 is 0 Å². The number of hydrogen-bond acceptors (Lipinski definition) is 3. The Morgan fingerprint density at radius 2 is 1.72 bits per heavy atom. The van der Waals surface area contributed by atoms with Gasteiger partial charge in [-0.2, -0.15) is 5.10 Å². The van der Waals surface area contributed by atoms with E-state index in [4.69, 9.17) is 5.73 Å². The summed E-state index contributed by atoms with van der Waals surface area (Å²) in [6, 6.07) is 19.2. The molecule has 0 unspecified atom stereocenters. The predicted octanol–water partition coefficient (Wildman–Crippen LogP) is 2.40. The van der Waals surface area contributed by atoms with Crippen molar-refractivity contribution in [3.63, 3.8) is 0 Å². The van der Waals surface area contributed by atoms with Gasteiger partial charge in [-0.25, -0.2) is 4.68 Å². The molecule has 3 aromatic rings. The fourth-order valence-corrected chi connectivity index (χ4v) is 2.75. The first kappa shape index (κ1) is 16.9. The largest absolute Gasteiger partial charge is 0.340 e. The number of likely N-dealkylation sites (N-methyl/N-ethyl adjacent to an activating group) is 1. The molecule has 0 aliphatic heterocycles. The standard InChI is InChI=1S/C20H22N4O/c1-23(20(25)19(21)12-16-8-4-2-5-9-16)14-17-13-22-24(15-17)18-10-6-3-7-11-18/h2-11,13,15,19H,12,14,21H2,1H3/t19-/m0/s1. The second-order valence-electron chi connectivity index (χ2n) is 6.12. The van der Waals surface area contributed by atoms with Crippen molar-refractivity contribution in [1.29, 1.82) is 0 Å². The van der Waals surface area contributed by atoms with Crippen molar-refractivity contribution in [2.24, 2.45) is 5.73 Å². The molecular weight excluding hydrogens is 312 g/mol. The summed E-state index contributed by atoms with van der Waals surface area (Å²) in [4.78, 5) is 14.2. The fourth-order valence-electron chi connectivity index (χ4n) is 2.75. The van der Waals surface area contributed by atoms with Crippen LogP contribution in [0.15, 0.2) is 73.1 Å². The van der Waals surface area contributed by atoms with E-state index in [0.29, 0.717) is 13.0 Å². The zero-order valence-electron chi connectivity index (χ0n) is 14.2. The van der Waals surface area contributed by atoms with Crippen molar-refractivity contribution in [3.8, 4) is 5.69 Å². The third kappa shape index (κ3) is 4.33. The van der Waals surface area contributed by atoms with E-state index in [1.54, 1.807) is 22.8 Å². The maximum Gasteiger partial charge on any atom is 0.239 e. The Labute approximate surface area is 147 Å². The number of aromatic nitrogens is 2. The summed E-state index contributed by atoms with van der Waals surface area (Å²) < 4.78 is 1.80. The summed E-state index contributed by atoms with van der Waals surface area (Å²) in [5, 5.41) is 4.36. The number of benzene rings is 2. The molecule has 128 valence electrons. The lowest BCUT2D eigenvalue weighted by Gasteiger charge is -2.20. The number of carbonyl (C=O) groups excluding carboxylic acids is 1. The Kier molecular flexibility index (Phi) is 5.26. The lowest BCUT2D eigenvalue weighted by molar-refractivity contribution is -0.131. The third-order valence-electron chi connectivity index (χ3n) is 4.07. The molecule has 2 aromatic carbocycles. The highest BCUT2D eigenvalue weighted by atomic mass is 16.2. The van der Waals surface area contributed by atoms with Gasteiger partial charge in [-0.1, -0.05) is 48.5 Å². The molecule has 0 fully saturated rings. The first-order valence-electron chi connectivity index (χ1n) is 8.27. The van der Waals surface area contributed by atoms with Crippen molar-refractivity contribution in [2.75, 3.05) is 7.05 Å². The van der Waals surface area contributed by atoms with Crippen LogP contribution in [0, 0.1) is 0 Å². The van der Waals surface area contributed by atoms with E-state index in [-0.39, 0.29) is 5.91 Å². The molecule has 5 nitrogen and oxygen atoms in total. The second kappa shape index (κ2) is 7.77. The van der Waals surface area contributed by atoms with E-state index in [0.717, 1.165) is 16.8 Å². The van der Waals surface area contributed by atoms with Gasteiger partial charge >= 0.3 is 0 Å². The zero-order chi connectivity index (χ0) is 17.6. The number of nitrogens with two attached hydrogens (primary N) is 1. The molecule has 0 bridgehead atoms. The van der Waals surface area contributed by atoms with E-state index < -0.39 is 6.04 Å². The first-order valence-corrected chi connectivity index (χ1v) is 8.27. The van der Waals surface area contributed by atoms with Gasteiger partial charge in [0.1, 0.15) is 0 Å². The number of nitrogens with zero attached hydrogens (tertiary/aromatic N) is 3. The van der Waals surface area contributed by atoms with Gasteiger partial charge < -0.3 is 10.6 Å². The number of hydrogen-bond donors (Lipinski definition) is 1. The summed E-state index contributed by atoms with van der Waals surface area (Å²) in [6.45, 7) is 0.480. The Bertz CT molecular complexity index is 814. The first-order chi connectivity index (χ1) is 12.1. The number of carbonyl (C=O) groups is 1. The van der Waals surface area contributed by atoms with Gasteiger partial charge in [0.15, 0.2) is 0 Å². The van der Waals surface area contributed by atoms with Crippen molar-refractivity contribution in [3.05, 3.63) is 84.2 Å². The quantitative estimate of drug-likeness (QED) is 0.753. The zero-order valence-corrected chi connectivity index (χ0v) is 14.2. The highest BCUT2D eigenvalue weighted by molar-refractivity contribution is 5.81. The fraction of sp³-hybridized carbons (Fsp3) is 0.200. The molecule has 1 aromatic heterocycles. The Hall–Kier alpha value is -2.92. The molecule has 0 aliphatic rings. The van der Waals surface area contributed by atoms with Gasteiger partial charge in [0.2, 0.25) is 5.91 Å². The lowest BCUT2D eigenvalue weighted by atomic mass is 10.1. The minimum atomic E-state index is -0.545. The normalized spacial score (nSPS) is 11.9. The van der Waals surface area contributed by atoms with Crippen molar-refractivity contribution in [2.45, 2.75) is 19.0 Å². The minimum Gasteiger partial charge on any atom is -0.340 e. The third-order valence-corrected chi connectivity index (χ3v) is 4.07. The molecule has 0 radical (unpaired) electrons. The highest BCUT2D eigenvalue weighted by Gasteiger charge is 2.19. The Morgan fingerprint density at radius 3 is 2.40 bits per heavy atom. The minimum absolute atomic E-state index is 0.0729. The summed E-state index contributed by atoms with van der Waals surface area (Å²) in [5.41, 5.74) is 9.11. The van der Waals surface area contributed by atoms with Crippen LogP contribution in [0.5, 0.6) is 0 Å². The number of para-hydroxylation sites is 1.